The molecule has 2 aromatic carbocycles. The van der Waals surface area contributed by atoms with Gasteiger partial charge in [0.2, 0.25) is 5.91 Å². The van der Waals surface area contributed by atoms with E-state index in [-0.39, 0.29) is 12.2 Å². The molecule has 1 fully saturated rings. The van der Waals surface area contributed by atoms with Crippen LogP contribution in [0.4, 0.5) is 0 Å². The van der Waals surface area contributed by atoms with E-state index in [9.17, 15) is 19.5 Å². The fourth-order valence-corrected chi connectivity index (χ4v) is 3.17. The molecular formula is C22H23NO7. The van der Waals surface area contributed by atoms with E-state index in [4.69, 9.17) is 14.2 Å². The molecule has 2 aromatic rings. The zero-order valence-electron chi connectivity index (χ0n) is 16.3. The highest BCUT2D eigenvalue weighted by Crippen LogP contribution is 2.30. The van der Waals surface area contributed by atoms with Gasteiger partial charge in [0.1, 0.15) is 24.5 Å². The monoisotopic (exact) mass is 413 g/mol. The van der Waals surface area contributed by atoms with Gasteiger partial charge in [-0.2, -0.15) is 0 Å². The number of carbonyl (C=O) groups is 3. The predicted octanol–water partition coefficient (Wildman–Crippen LogP) is 1.39. The van der Waals surface area contributed by atoms with Crippen LogP contribution in [0.15, 0.2) is 60.7 Å². The molecule has 3 rings (SSSR count). The van der Waals surface area contributed by atoms with Crippen molar-refractivity contribution in [2.75, 3.05) is 6.61 Å². The standard InChI is InChI=1S/C22H23NO7/c1-14(25)23-17(12-24)19(29-21(27)15-8-4-2-5-9-15)20-18(26)13-28-22(30-20)16-10-6-3-7-11-16/h2-12,17-20,22,26H,13H2,1H3,(H,23,25)/t17-,18+,19+,20+,22+/m0/s1. The van der Waals surface area contributed by atoms with Crippen molar-refractivity contribution < 1.29 is 33.7 Å². The largest absolute Gasteiger partial charge is 0.453 e. The maximum absolute atomic E-state index is 12.6. The molecule has 5 atom stereocenters. The Labute approximate surface area is 173 Å². The molecule has 0 radical (unpaired) electrons. The fraction of sp³-hybridized carbons (Fsp3) is 0.318. The summed E-state index contributed by atoms with van der Waals surface area (Å²) in [5.41, 5.74) is 0.959. The molecule has 1 heterocycles. The quantitative estimate of drug-likeness (QED) is 0.521. The predicted molar refractivity (Wildman–Crippen MR) is 105 cm³/mol. The van der Waals surface area contributed by atoms with E-state index in [1.165, 1.54) is 6.92 Å². The van der Waals surface area contributed by atoms with Gasteiger partial charge in [-0.1, -0.05) is 48.5 Å². The lowest BCUT2D eigenvalue weighted by atomic mass is 10.00. The van der Waals surface area contributed by atoms with Crippen LogP contribution < -0.4 is 5.32 Å². The Morgan fingerprint density at radius 1 is 1.13 bits per heavy atom. The average Bonchev–Trinajstić information content (AvgIpc) is 2.77. The Kier molecular flexibility index (Phi) is 7.29. The number of benzene rings is 2. The molecule has 0 aromatic heterocycles. The molecule has 158 valence electrons. The van der Waals surface area contributed by atoms with Gasteiger partial charge in [-0.25, -0.2) is 4.79 Å². The third-order valence-electron chi connectivity index (χ3n) is 4.60. The van der Waals surface area contributed by atoms with Gasteiger partial charge in [-0.3, -0.25) is 4.79 Å². The second-order valence-electron chi connectivity index (χ2n) is 6.84. The van der Waals surface area contributed by atoms with Crippen LogP contribution >= 0.6 is 0 Å². The van der Waals surface area contributed by atoms with E-state index >= 15 is 0 Å². The maximum atomic E-state index is 12.6. The van der Waals surface area contributed by atoms with Crippen LogP contribution in [0.2, 0.25) is 0 Å². The van der Waals surface area contributed by atoms with Gasteiger partial charge in [-0.15, -0.1) is 0 Å². The molecule has 30 heavy (non-hydrogen) atoms. The molecule has 1 aliphatic heterocycles. The van der Waals surface area contributed by atoms with Gasteiger partial charge >= 0.3 is 5.97 Å². The minimum Gasteiger partial charge on any atom is -0.453 e. The highest BCUT2D eigenvalue weighted by molar-refractivity contribution is 5.89. The average molecular weight is 413 g/mol. The van der Waals surface area contributed by atoms with Crippen LogP contribution in [0.1, 0.15) is 29.1 Å². The maximum Gasteiger partial charge on any atom is 0.338 e. The number of amides is 1. The Morgan fingerprint density at radius 3 is 2.37 bits per heavy atom. The zero-order valence-corrected chi connectivity index (χ0v) is 16.3. The zero-order chi connectivity index (χ0) is 21.5. The van der Waals surface area contributed by atoms with Crippen LogP contribution in [0.5, 0.6) is 0 Å². The third kappa shape index (κ3) is 5.29. The molecule has 8 heteroatoms. The van der Waals surface area contributed by atoms with E-state index in [0.717, 1.165) is 0 Å². The van der Waals surface area contributed by atoms with Crippen molar-refractivity contribution in [2.24, 2.45) is 0 Å². The molecule has 2 N–H and O–H groups in total. The topological polar surface area (TPSA) is 111 Å². The Bertz CT molecular complexity index is 858. The first-order valence-electron chi connectivity index (χ1n) is 9.48. The Morgan fingerprint density at radius 2 is 1.77 bits per heavy atom. The van der Waals surface area contributed by atoms with E-state index in [1.807, 2.05) is 6.07 Å². The summed E-state index contributed by atoms with van der Waals surface area (Å²) >= 11 is 0. The molecule has 1 saturated heterocycles. The number of esters is 1. The molecule has 1 aliphatic rings. The number of hydrogen-bond acceptors (Lipinski definition) is 7. The highest BCUT2D eigenvalue weighted by atomic mass is 16.7. The van der Waals surface area contributed by atoms with Crippen LogP contribution in [0.3, 0.4) is 0 Å². The van der Waals surface area contributed by atoms with Crippen LogP contribution in [0.25, 0.3) is 0 Å². The molecule has 1 amide bonds. The lowest BCUT2D eigenvalue weighted by Gasteiger charge is -2.39. The SMILES string of the molecule is CC(=O)N[C@@H](C=O)[C@@H](OC(=O)c1ccccc1)[C@@H]1O[C@H](c2ccccc2)OC[C@H]1O. The first kappa shape index (κ1) is 21.6. The van der Waals surface area contributed by atoms with Gasteiger partial charge in [0.05, 0.1) is 12.2 Å². The minimum absolute atomic E-state index is 0.102. The van der Waals surface area contributed by atoms with Crippen molar-refractivity contribution in [1.82, 2.24) is 5.32 Å². The van der Waals surface area contributed by atoms with E-state index in [1.54, 1.807) is 54.6 Å². The normalized spacial score (nSPS) is 23.1. The van der Waals surface area contributed by atoms with Gasteiger partial charge in [0.15, 0.2) is 12.4 Å². The summed E-state index contributed by atoms with van der Waals surface area (Å²) in [7, 11) is 0. The smallest absolute Gasteiger partial charge is 0.338 e. The Balaban J connectivity index is 1.87. The number of aliphatic hydroxyl groups is 1. The summed E-state index contributed by atoms with van der Waals surface area (Å²) in [5, 5.41) is 12.9. The molecule has 0 unspecified atom stereocenters. The van der Waals surface area contributed by atoms with Crippen molar-refractivity contribution in [2.45, 2.75) is 37.6 Å². The lowest BCUT2D eigenvalue weighted by Crippen LogP contribution is -2.58. The number of nitrogens with one attached hydrogen (secondary N) is 1. The fourth-order valence-electron chi connectivity index (χ4n) is 3.17. The number of hydrogen-bond donors (Lipinski definition) is 2. The van der Waals surface area contributed by atoms with Gasteiger partial charge in [0.25, 0.3) is 0 Å². The van der Waals surface area contributed by atoms with Gasteiger partial charge in [0, 0.05) is 12.5 Å². The highest BCUT2D eigenvalue weighted by Gasteiger charge is 2.43. The molecule has 0 aliphatic carbocycles. The van der Waals surface area contributed by atoms with E-state index < -0.39 is 42.5 Å². The summed E-state index contributed by atoms with van der Waals surface area (Å²) in [6.07, 6.45) is -3.95. The van der Waals surface area contributed by atoms with Crippen molar-refractivity contribution in [3.8, 4) is 0 Å². The number of aliphatic hydroxyl groups excluding tert-OH is 1. The lowest BCUT2D eigenvalue weighted by molar-refractivity contribution is -0.276. The Hall–Kier alpha value is -3.07. The van der Waals surface area contributed by atoms with Crippen LogP contribution in [-0.4, -0.2) is 54.2 Å². The second kappa shape index (κ2) is 10.1. The number of carbonyl (C=O) groups excluding carboxylic acids is 3. The summed E-state index contributed by atoms with van der Waals surface area (Å²) in [6, 6.07) is 16.0. The third-order valence-corrected chi connectivity index (χ3v) is 4.60. The molecular weight excluding hydrogens is 390 g/mol. The second-order valence-corrected chi connectivity index (χ2v) is 6.84. The van der Waals surface area contributed by atoms with Crippen molar-refractivity contribution in [3.63, 3.8) is 0 Å². The molecule has 0 saturated carbocycles. The molecule has 0 spiro atoms. The number of ether oxygens (including phenoxy) is 3. The summed E-state index contributed by atoms with van der Waals surface area (Å²) in [4.78, 5) is 36.0. The van der Waals surface area contributed by atoms with Gasteiger partial charge in [-0.05, 0) is 12.1 Å². The first-order chi connectivity index (χ1) is 14.5. The minimum atomic E-state index is -1.27. The van der Waals surface area contributed by atoms with Crippen molar-refractivity contribution >= 4 is 18.2 Å². The van der Waals surface area contributed by atoms with E-state index in [0.29, 0.717) is 11.8 Å². The molecule has 0 bridgehead atoms. The summed E-state index contributed by atoms with van der Waals surface area (Å²) < 4.78 is 17.0. The van der Waals surface area contributed by atoms with Crippen LogP contribution in [-0.2, 0) is 23.8 Å². The molecule has 8 nitrogen and oxygen atoms in total. The van der Waals surface area contributed by atoms with Crippen molar-refractivity contribution in [1.29, 1.82) is 0 Å². The summed E-state index contributed by atoms with van der Waals surface area (Å²) in [6.45, 7) is 1.13. The summed E-state index contributed by atoms with van der Waals surface area (Å²) in [5.74, 6) is -1.20. The van der Waals surface area contributed by atoms with Crippen molar-refractivity contribution in [3.05, 3.63) is 71.8 Å². The van der Waals surface area contributed by atoms with Gasteiger partial charge < -0.3 is 29.4 Å². The first-order valence-corrected chi connectivity index (χ1v) is 9.48. The number of rotatable bonds is 7. The van der Waals surface area contributed by atoms with Crippen LogP contribution in [0, 0.1) is 0 Å². The van der Waals surface area contributed by atoms with E-state index in [2.05, 4.69) is 5.32 Å². The number of aldehydes is 1.